The predicted octanol–water partition coefficient (Wildman–Crippen LogP) is 4.60. The fourth-order valence-corrected chi connectivity index (χ4v) is 4.00. The number of aromatic nitrogens is 4. The van der Waals surface area contributed by atoms with Gasteiger partial charge in [0.15, 0.2) is 5.16 Å². The van der Waals surface area contributed by atoms with Crippen molar-refractivity contribution in [2.75, 3.05) is 0 Å². The predicted molar refractivity (Wildman–Crippen MR) is 113 cm³/mol. The Morgan fingerprint density at radius 2 is 1.82 bits per heavy atom. The summed E-state index contributed by atoms with van der Waals surface area (Å²) < 4.78 is 3.38. The Morgan fingerprint density at radius 1 is 1.04 bits per heavy atom. The highest BCUT2D eigenvalue weighted by Gasteiger charge is 2.12. The Labute approximate surface area is 168 Å². The van der Waals surface area contributed by atoms with E-state index in [0.29, 0.717) is 11.6 Å². The number of thioether (sulfide) groups is 1. The summed E-state index contributed by atoms with van der Waals surface area (Å²) in [7, 11) is 0. The lowest BCUT2D eigenvalue weighted by molar-refractivity contribution is 0.862. The first-order valence-electron chi connectivity index (χ1n) is 9.28. The van der Waals surface area contributed by atoms with Crippen LogP contribution in [0, 0.1) is 6.92 Å². The molecule has 0 amide bonds. The van der Waals surface area contributed by atoms with Crippen molar-refractivity contribution in [2.24, 2.45) is 0 Å². The van der Waals surface area contributed by atoms with E-state index in [1.54, 1.807) is 26.9 Å². The highest BCUT2D eigenvalue weighted by molar-refractivity contribution is 7.98. The maximum absolute atomic E-state index is 12.9. The van der Waals surface area contributed by atoms with Gasteiger partial charge in [-0.3, -0.25) is 13.8 Å². The van der Waals surface area contributed by atoms with Crippen molar-refractivity contribution >= 4 is 17.4 Å². The molecule has 142 valence electrons. The lowest BCUT2D eigenvalue weighted by Gasteiger charge is -2.09. The smallest absolute Gasteiger partial charge is 0.280 e. The molecule has 0 aliphatic rings. The van der Waals surface area contributed by atoms with Gasteiger partial charge in [-0.2, -0.15) is 0 Å². The molecule has 0 aliphatic heterocycles. The molecule has 5 nitrogen and oxygen atoms in total. The lowest BCUT2D eigenvalue weighted by Crippen LogP contribution is -2.20. The van der Waals surface area contributed by atoms with E-state index >= 15 is 0 Å². The second-order valence-corrected chi connectivity index (χ2v) is 8.12. The average Bonchev–Trinajstić information content (AvgIpc) is 3.11. The van der Waals surface area contributed by atoms with Crippen LogP contribution in [0.25, 0.3) is 11.3 Å². The molecular weight excluding hydrogens is 368 g/mol. The highest BCUT2D eigenvalue weighted by Crippen LogP contribution is 2.22. The summed E-state index contributed by atoms with van der Waals surface area (Å²) in [5.74, 6) is 1.24. The topological polar surface area (TPSA) is 52.2 Å². The standard InChI is InChI=1S/C22H22N4OS/c1-15(2)18-7-9-19(10-8-18)25-11-12-26-20(21(25)27)23-24-22(26)28-14-17-6-4-5-16(3)13-17/h4-13,15H,14H2,1-3H3. The van der Waals surface area contributed by atoms with E-state index in [4.69, 9.17) is 0 Å². The van der Waals surface area contributed by atoms with Gasteiger partial charge in [0, 0.05) is 23.8 Å². The summed E-state index contributed by atoms with van der Waals surface area (Å²) in [5, 5.41) is 9.09. The van der Waals surface area contributed by atoms with Crippen LogP contribution in [0.5, 0.6) is 0 Å². The molecule has 6 heteroatoms. The molecule has 0 atom stereocenters. The van der Waals surface area contributed by atoms with Gasteiger partial charge in [0.2, 0.25) is 5.65 Å². The minimum atomic E-state index is -0.172. The number of hydrogen-bond acceptors (Lipinski definition) is 4. The third-order valence-corrected chi connectivity index (χ3v) is 5.74. The fourth-order valence-electron chi connectivity index (χ4n) is 3.14. The van der Waals surface area contributed by atoms with E-state index in [9.17, 15) is 4.79 Å². The highest BCUT2D eigenvalue weighted by atomic mass is 32.2. The van der Waals surface area contributed by atoms with Gasteiger partial charge < -0.3 is 0 Å². The van der Waals surface area contributed by atoms with Crippen molar-refractivity contribution < 1.29 is 0 Å². The van der Waals surface area contributed by atoms with Crippen LogP contribution in [-0.4, -0.2) is 19.2 Å². The third-order valence-electron chi connectivity index (χ3n) is 4.73. The number of fused-ring (bicyclic) bond motifs is 1. The summed E-state index contributed by atoms with van der Waals surface area (Å²) in [6.45, 7) is 6.38. The van der Waals surface area contributed by atoms with Gasteiger partial charge >= 0.3 is 5.56 Å². The first-order valence-corrected chi connectivity index (χ1v) is 10.3. The molecule has 0 unspecified atom stereocenters. The molecule has 0 aliphatic carbocycles. The van der Waals surface area contributed by atoms with Gasteiger partial charge in [-0.25, -0.2) is 0 Å². The number of nitrogens with zero attached hydrogens (tertiary/aromatic N) is 4. The molecule has 0 fully saturated rings. The second-order valence-electron chi connectivity index (χ2n) is 7.17. The van der Waals surface area contributed by atoms with E-state index < -0.39 is 0 Å². The van der Waals surface area contributed by atoms with Crippen LogP contribution in [0.15, 0.2) is 70.9 Å². The van der Waals surface area contributed by atoms with Crippen LogP contribution in [0.3, 0.4) is 0 Å². The fraction of sp³-hybridized carbons (Fsp3) is 0.227. The van der Waals surface area contributed by atoms with Crippen LogP contribution in [0.1, 0.15) is 36.5 Å². The summed E-state index contributed by atoms with van der Waals surface area (Å²) in [4.78, 5) is 12.9. The largest absolute Gasteiger partial charge is 0.300 e. The molecule has 0 spiro atoms. The van der Waals surface area contributed by atoms with E-state index in [1.165, 1.54) is 16.7 Å². The van der Waals surface area contributed by atoms with E-state index in [1.807, 2.05) is 18.3 Å². The Kier molecular flexibility index (Phi) is 5.05. The van der Waals surface area contributed by atoms with Gasteiger partial charge in [-0.05, 0) is 36.1 Å². The van der Waals surface area contributed by atoms with Gasteiger partial charge in [0.05, 0.1) is 0 Å². The molecule has 2 aromatic carbocycles. The summed E-state index contributed by atoms with van der Waals surface area (Å²) in [6, 6.07) is 16.4. The Morgan fingerprint density at radius 3 is 2.54 bits per heavy atom. The van der Waals surface area contributed by atoms with Gasteiger partial charge in [0.25, 0.3) is 0 Å². The van der Waals surface area contributed by atoms with E-state index in [2.05, 4.69) is 67.4 Å². The van der Waals surface area contributed by atoms with Crippen molar-refractivity contribution in [1.82, 2.24) is 19.2 Å². The molecule has 28 heavy (non-hydrogen) atoms. The van der Waals surface area contributed by atoms with Gasteiger partial charge in [-0.15, -0.1) is 10.2 Å². The zero-order valence-electron chi connectivity index (χ0n) is 16.2. The minimum absolute atomic E-state index is 0.172. The van der Waals surface area contributed by atoms with Crippen molar-refractivity contribution in [3.8, 4) is 5.69 Å². The number of rotatable bonds is 5. The van der Waals surface area contributed by atoms with Crippen molar-refractivity contribution in [2.45, 2.75) is 37.6 Å². The summed E-state index contributed by atoms with van der Waals surface area (Å²) in [5.41, 5.74) is 4.69. The number of benzene rings is 2. The zero-order chi connectivity index (χ0) is 19.7. The normalized spacial score (nSPS) is 11.4. The Bertz CT molecular complexity index is 1180. The quantitative estimate of drug-likeness (QED) is 0.467. The second kappa shape index (κ2) is 7.64. The number of aryl methyl sites for hydroxylation is 1. The molecule has 0 bridgehead atoms. The Balaban J connectivity index is 1.63. The molecule has 0 radical (unpaired) electrons. The molecule has 2 heterocycles. The average molecular weight is 391 g/mol. The lowest BCUT2D eigenvalue weighted by atomic mass is 10.0. The zero-order valence-corrected chi connectivity index (χ0v) is 17.0. The van der Waals surface area contributed by atoms with Crippen molar-refractivity contribution in [3.63, 3.8) is 0 Å². The van der Waals surface area contributed by atoms with E-state index in [0.717, 1.165) is 16.6 Å². The maximum atomic E-state index is 12.9. The van der Waals surface area contributed by atoms with E-state index in [-0.39, 0.29) is 5.56 Å². The Hall–Kier alpha value is -2.86. The SMILES string of the molecule is Cc1cccc(CSc2nnc3c(=O)n(-c4ccc(C(C)C)cc4)ccn23)c1. The first kappa shape index (κ1) is 18.5. The molecule has 0 N–H and O–H groups in total. The molecular formula is C22H22N4OS. The van der Waals surface area contributed by atoms with Crippen molar-refractivity contribution in [1.29, 1.82) is 0 Å². The third kappa shape index (κ3) is 3.60. The van der Waals surface area contributed by atoms with Crippen LogP contribution in [0.2, 0.25) is 0 Å². The van der Waals surface area contributed by atoms with Crippen LogP contribution in [0.4, 0.5) is 0 Å². The number of hydrogen-bond donors (Lipinski definition) is 0. The van der Waals surface area contributed by atoms with Gasteiger partial charge in [0.1, 0.15) is 0 Å². The molecule has 0 saturated heterocycles. The van der Waals surface area contributed by atoms with Crippen LogP contribution in [-0.2, 0) is 5.75 Å². The first-order chi connectivity index (χ1) is 13.5. The maximum Gasteiger partial charge on any atom is 0.300 e. The van der Waals surface area contributed by atoms with Crippen LogP contribution >= 0.6 is 11.8 Å². The monoisotopic (exact) mass is 390 g/mol. The molecule has 4 aromatic rings. The summed E-state index contributed by atoms with van der Waals surface area (Å²) >= 11 is 1.58. The van der Waals surface area contributed by atoms with Crippen LogP contribution < -0.4 is 5.56 Å². The molecule has 0 saturated carbocycles. The summed E-state index contributed by atoms with van der Waals surface area (Å²) in [6.07, 6.45) is 3.63. The molecule has 2 aromatic heterocycles. The molecule has 4 rings (SSSR count). The minimum Gasteiger partial charge on any atom is -0.280 e. The van der Waals surface area contributed by atoms with Gasteiger partial charge in [-0.1, -0.05) is 67.6 Å². The van der Waals surface area contributed by atoms with Crippen molar-refractivity contribution in [3.05, 3.63) is 88.0 Å².